The number of carbonyl (C=O) groups excluding carboxylic acids is 5. The summed E-state index contributed by atoms with van der Waals surface area (Å²) in [5.41, 5.74) is -0.232. The van der Waals surface area contributed by atoms with Crippen LogP contribution in [0.15, 0.2) is 54.6 Å². The molecule has 1 aliphatic heterocycles. The van der Waals surface area contributed by atoms with Crippen LogP contribution in [0.5, 0.6) is 0 Å². The lowest BCUT2D eigenvalue weighted by molar-refractivity contribution is -0.174. The van der Waals surface area contributed by atoms with Crippen molar-refractivity contribution >= 4 is 29.9 Å². The number of nitrogens with zero attached hydrogens (tertiary/aromatic N) is 2. The summed E-state index contributed by atoms with van der Waals surface area (Å²) in [4.78, 5) is 70.6. The van der Waals surface area contributed by atoms with E-state index < -0.39 is 71.9 Å². The van der Waals surface area contributed by atoms with Gasteiger partial charge in [-0.2, -0.15) is 0 Å². The Morgan fingerprint density at radius 2 is 1.40 bits per heavy atom. The monoisotopic (exact) mass is 796 g/mol. The quantitative estimate of drug-likeness (QED) is 0.113. The molecule has 314 valence electrons. The van der Waals surface area contributed by atoms with Gasteiger partial charge >= 0.3 is 24.0 Å². The first-order valence-electron chi connectivity index (χ1n) is 20.0. The van der Waals surface area contributed by atoms with Crippen molar-refractivity contribution in [2.45, 2.75) is 141 Å². The van der Waals surface area contributed by atoms with Crippen LogP contribution in [0.1, 0.15) is 109 Å². The maximum atomic E-state index is 15.2. The third kappa shape index (κ3) is 14.7. The number of likely N-dealkylation sites (N-methyl/N-ethyl adjacent to an activating group) is 2. The van der Waals surface area contributed by atoms with Crippen LogP contribution in [0, 0.1) is 5.92 Å². The molecule has 4 atom stereocenters. The fourth-order valence-corrected chi connectivity index (χ4v) is 6.67. The van der Waals surface area contributed by atoms with Crippen LogP contribution in [0.25, 0.3) is 0 Å². The van der Waals surface area contributed by atoms with Crippen LogP contribution in [-0.2, 0) is 55.9 Å². The summed E-state index contributed by atoms with van der Waals surface area (Å²) in [6, 6.07) is 14.2. The molecular formula is C44H61FN2O10. The molecule has 1 heterocycles. The average Bonchev–Trinajstić information content (AvgIpc) is 3.99. The summed E-state index contributed by atoms with van der Waals surface area (Å²) in [5, 5.41) is 0. The molecule has 13 heteroatoms. The van der Waals surface area contributed by atoms with Gasteiger partial charge in [0.2, 0.25) is 0 Å². The van der Waals surface area contributed by atoms with Gasteiger partial charge in [0.25, 0.3) is 5.91 Å². The number of carbonyl (C=O) groups is 5. The minimum absolute atomic E-state index is 0.00212. The van der Waals surface area contributed by atoms with E-state index in [1.165, 1.54) is 39.8 Å². The average molecular weight is 797 g/mol. The van der Waals surface area contributed by atoms with E-state index in [9.17, 15) is 24.0 Å². The zero-order valence-corrected chi connectivity index (χ0v) is 34.8. The lowest BCUT2D eigenvalue weighted by Crippen LogP contribution is -2.52. The fourth-order valence-electron chi connectivity index (χ4n) is 6.67. The van der Waals surface area contributed by atoms with Gasteiger partial charge in [-0.1, -0.05) is 67.4 Å². The van der Waals surface area contributed by atoms with Gasteiger partial charge < -0.3 is 28.6 Å². The third-order valence-corrected chi connectivity index (χ3v) is 10.2. The third-order valence-electron chi connectivity index (χ3n) is 10.2. The van der Waals surface area contributed by atoms with Crippen molar-refractivity contribution in [3.8, 4) is 0 Å². The van der Waals surface area contributed by atoms with Crippen LogP contribution in [0.2, 0.25) is 0 Å². The summed E-state index contributed by atoms with van der Waals surface area (Å²) in [5.74, 6) is -2.53. The van der Waals surface area contributed by atoms with Gasteiger partial charge in [0.05, 0.1) is 0 Å². The van der Waals surface area contributed by atoms with Crippen molar-refractivity contribution < 1.29 is 52.0 Å². The number of alkyl halides is 1. The minimum atomic E-state index is -1.91. The SMILES string of the molecule is C[C@@H](OC(=O)[C@H](CCC1CC1)N(C)C(=O)[C@@H](Cc1ccc(C2CCOCC2)cc1)OC(=O)[C@H](CC(C)(C)F)N(C)C(=O)OC(C)(C)C)C(=O)OCc1ccccc1. The second kappa shape index (κ2) is 20.3. The Hall–Kier alpha value is -4.52. The number of halogens is 1. The number of amides is 2. The first-order valence-corrected chi connectivity index (χ1v) is 20.0. The van der Waals surface area contributed by atoms with Crippen molar-refractivity contribution in [1.29, 1.82) is 0 Å². The molecular weight excluding hydrogens is 735 g/mol. The highest BCUT2D eigenvalue weighted by Crippen LogP contribution is 2.35. The highest BCUT2D eigenvalue weighted by Gasteiger charge is 2.41. The second-order valence-corrected chi connectivity index (χ2v) is 16.9. The smallest absolute Gasteiger partial charge is 0.410 e. The number of hydrogen-bond donors (Lipinski definition) is 0. The standard InChI is InChI=1S/C44H61FN2O10/c1-29(39(49)54-28-32-12-10-9-11-13-32)55-40(50)35(21-18-30-14-15-30)46(7)38(48)37(26-31-16-19-33(20-17-31)34-22-24-53-25-23-34)56-41(51)36(27-44(5,6)45)47(8)42(52)57-43(2,3)4/h9-13,16-17,19-20,29-30,34-37H,14-15,18,21-28H2,1-8H3/t29-,35+,36+,37-/m1/s1. The number of ether oxygens (including phenoxy) is 5. The van der Waals surface area contributed by atoms with Gasteiger partial charge in [-0.05, 0) is 95.8 Å². The maximum Gasteiger partial charge on any atom is 0.410 e. The highest BCUT2D eigenvalue weighted by molar-refractivity contribution is 5.90. The Bertz CT molecular complexity index is 1650. The van der Waals surface area contributed by atoms with E-state index in [4.69, 9.17) is 23.7 Å². The molecule has 1 saturated carbocycles. The molecule has 2 aromatic rings. The van der Waals surface area contributed by atoms with Crippen LogP contribution < -0.4 is 0 Å². The zero-order valence-electron chi connectivity index (χ0n) is 34.8. The number of hydrogen-bond acceptors (Lipinski definition) is 10. The normalized spacial score (nSPS) is 17.0. The molecule has 57 heavy (non-hydrogen) atoms. The van der Waals surface area contributed by atoms with Crippen LogP contribution in [0.3, 0.4) is 0 Å². The Balaban J connectivity index is 1.59. The Labute approximate surface area is 336 Å². The highest BCUT2D eigenvalue weighted by atomic mass is 19.1. The predicted octanol–water partition coefficient (Wildman–Crippen LogP) is 7.10. The zero-order chi connectivity index (χ0) is 41.9. The van der Waals surface area contributed by atoms with Gasteiger partial charge in [-0.25, -0.2) is 23.6 Å². The van der Waals surface area contributed by atoms with E-state index in [-0.39, 0.29) is 19.4 Å². The van der Waals surface area contributed by atoms with E-state index in [1.54, 1.807) is 32.9 Å². The molecule has 1 aliphatic carbocycles. The van der Waals surface area contributed by atoms with Crippen LogP contribution >= 0.6 is 0 Å². The Morgan fingerprint density at radius 3 is 1.98 bits per heavy atom. The first-order chi connectivity index (χ1) is 26.8. The Morgan fingerprint density at radius 1 is 0.789 bits per heavy atom. The summed E-state index contributed by atoms with van der Waals surface area (Å²) < 4.78 is 43.2. The summed E-state index contributed by atoms with van der Waals surface area (Å²) in [7, 11) is 2.75. The molecule has 0 spiro atoms. The van der Waals surface area contributed by atoms with Gasteiger partial charge in [0, 0.05) is 40.2 Å². The molecule has 2 amide bonds. The molecule has 2 fully saturated rings. The topological polar surface area (TPSA) is 138 Å². The van der Waals surface area contributed by atoms with Crippen molar-refractivity contribution in [2.75, 3.05) is 27.3 Å². The van der Waals surface area contributed by atoms with Gasteiger partial charge in [0.15, 0.2) is 12.2 Å². The van der Waals surface area contributed by atoms with E-state index in [2.05, 4.69) is 0 Å². The largest absolute Gasteiger partial charge is 0.458 e. The van der Waals surface area contributed by atoms with Crippen LogP contribution in [0.4, 0.5) is 9.18 Å². The van der Waals surface area contributed by atoms with Gasteiger partial charge in [-0.15, -0.1) is 0 Å². The number of benzene rings is 2. The van der Waals surface area contributed by atoms with Crippen LogP contribution in [-0.4, -0.2) is 103 Å². The van der Waals surface area contributed by atoms with Gasteiger partial charge in [0.1, 0.15) is 30.0 Å². The van der Waals surface area contributed by atoms with E-state index in [1.807, 2.05) is 42.5 Å². The molecule has 0 bridgehead atoms. The van der Waals surface area contributed by atoms with Crippen molar-refractivity contribution in [3.63, 3.8) is 0 Å². The maximum absolute atomic E-state index is 15.2. The number of esters is 3. The molecule has 2 aromatic carbocycles. The molecule has 0 N–H and O–H groups in total. The molecule has 12 nitrogen and oxygen atoms in total. The molecule has 2 aliphatic rings. The molecule has 0 radical (unpaired) electrons. The summed E-state index contributed by atoms with van der Waals surface area (Å²) in [6.45, 7) is 10.3. The van der Waals surface area contributed by atoms with E-state index in [0.29, 0.717) is 37.0 Å². The molecule has 0 aromatic heterocycles. The summed E-state index contributed by atoms with van der Waals surface area (Å²) >= 11 is 0. The van der Waals surface area contributed by atoms with Crippen molar-refractivity contribution in [3.05, 3.63) is 71.3 Å². The minimum Gasteiger partial charge on any atom is -0.458 e. The molecule has 4 rings (SSSR count). The molecule has 0 unspecified atom stereocenters. The van der Waals surface area contributed by atoms with Crippen molar-refractivity contribution in [1.82, 2.24) is 9.80 Å². The molecule has 1 saturated heterocycles. The fraction of sp³-hybridized carbons (Fsp3) is 0.614. The lowest BCUT2D eigenvalue weighted by Gasteiger charge is -2.34. The first kappa shape index (κ1) is 45.2. The number of rotatable bonds is 18. The van der Waals surface area contributed by atoms with Gasteiger partial charge in [-0.3, -0.25) is 9.69 Å². The van der Waals surface area contributed by atoms with Crippen molar-refractivity contribution in [2.24, 2.45) is 5.92 Å². The summed E-state index contributed by atoms with van der Waals surface area (Å²) in [6.07, 6.45) is 0.564. The van der Waals surface area contributed by atoms with E-state index in [0.717, 1.165) is 41.7 Å². The second-order valence-electron chi connectivity index (χ2n) is 16.9. The Kier molecular flexibility index (Phi) is 16.1. The lowest BCUT2D eigenvalue weighted by atomic mass is 9.90. The predicted molar refractivity (Wildman–Crippen MR) is 211 cm³/mol. The van der Waals surface area contributed by atoms with E-state index >= 15 is 4.39 Å².